The standard InChI is InChI=1S/C12H22N2O2/c1-12(2,3)13-11(16)14-6-8-4-5-10(15)9(8)7-14/h8-10,15H,4-7H2,1-3H3,(H,13,16). The van der Waals surface area contributed by atoms with E-state index >= 15 is 0 Å². The third kappa shape index (κ3) is 2.32. The van der Waals surface area contributed by atoms with Crippen LogP contribution in [-0.4, -0.2) is 40.8 Å². The lowest BCUT2D eigenvalue weighted by atomic mass is 10.00. The maximum atomic E-state index is 11.9. The quantitative estimate of drug-likeness (QED) is 0.652. The number of aliphatic hydroxyl groups is 1. The number of hydrogen-bond acceptors (Lipinski definition) is 2. The van der Waals surface area contributed by atoms with Gasteiger partial charge in [-0.2, -0.15) is 0 Å². The molecule has 4 nitrogen and oxygen atoms in total. The van der Waals surface area contributed by atoms with Gasteiger partial charge < -0.3 is 15.3 Å². The molecule has 1 aliphatic heterocycles. The van der Waals surface area contributed by atoms with E-state index in [1.807, 2.05) is 25.7 Å². The van der Waals surface area contributed by atoms with Crippen LogP contribution in [0.25, 0.3) is 0 Å². The van der Waals surface area contributed by atoms with Crippen molar-refractivity contribution in [1.82, 2.24) is 10.2 Å². The zero-order valence-corrected chi connectivity index (χ0v) is 10.4. The monoisotopic (exact) mass is 226 g/mol. The summed E-state index contributed by atoms with van der Waals surface area (Å²) in [6.07, 6.45) is 1.77. The Balaban J connectivity index is 1.92. The van der Waals surface area contributed by atoms with E-state index in [9.17, 15) is 9.90 Å². The van der Waals surface area contributed by atoms with E-state index in [2.05, 4.69) is 5.32 Å². The molecule has 2 N–H and O–H groups in total. The molecule has 2 amide bonds. The Hall–Kier alpha value is -0.770. The second-order valence-corrected chi connectivity index (χ2v) is 6.15. The van der Waals surface area contributed by atoms with Crippen LogP contribution in [0.2, 0.25) is 0 Å². The number of nitrogens with zero attached hydrogens (tertiary/aromatic N) is 1. The largest absolute Gasteiger partial charge is 0.393 e. The Bertz CT molecular complexity index is 285. The van der Waals surface area contributed by atoms with Crippen molar-refractivity contribution in [2.45, 2.75) is 45.3 Å². The molecule has 1 aliphatic carbocycles. The molecule has 2 rings (SSSR count). The predicted molar refractivity (Wildman–Crippen MR) is 62.1 cm³/mol. The van der Waals surface area contributed by atoms with E-state index in [1.165, 1.54) is 0 Å². The molecule has 0 aromatic carbocycles. The Morgan fingerprint density at radius 1 is 1.31 bits per heavy atom. The summed E-state index contributed by atoms with van der Waals surface area (Å²) in [6, 6.07) is 0.00843. The number of aliphatic hydroxyl groups excluding tert-OH is 1. The van der Waals surface area contributed by atoms with Gasteiger partial charge in [-0.05, 0) is 39.5 Å². The fraction of sp³-hybridized carbons (Fsp3) is 0.917. The van der Waals surface area contributed by atoms with Crippen molar-refractivity contribution in [3.05, 3.63) is 0 Å². The Kier molecular flexibility index (Phi) is 2.86. The molecule has 92 valence electrons. The maximum absolute atomic E-state index is 11.9. The number of carbonyl (C=O) groups excluding carboxylic acids is 1. The molecular weight excluding hydrogens is 204 g/mol. The minimum absolute atomic E-state index is 0.00843. The van der Waals surface area contributed by atoms with Crippen LogP contribution in [0.1, 0.15) is 33.6 Å². The summed E-state index contributed by atoms with van der Waals surface area (Å²) >= 11 is 0. The second kappa shape index (κ2) is 3.91. The first-order valence-electron chi connectivity index (χ1n) is 6.12. The first-order chi connectivity index (χ1) is 7.37. The maximum Gasteiger partial charge on any atom is 0.317 e. The van der Waals surface area contributed by atoms with Crippen molar-refractivity contribution in [2.24, 2.45) is 11.8 Å². The highest BCUT2D eigenvalue weighted by Gasteiger charge is 2.43. The lowest BCUT2D eigenvalue weighted by Gasteiger charge is -2.26. The van der Waals surface area contributed by atoms with E-state index in [0.29, 0.717) is 18.4 Å². The smallest absolute Gasteiger partial charge is 0.317 e. The van der Waals surface area contributed by atoms with Crippen LogP contribution in [-0.2, 0) is 0 Å². The molecule has 3 unspecified atom stereocenters. The predicted octanol–water partition coefficient (Wildman–Crippen LogP) is 1.20. The van der Waals surface area contributed by atoms with Gasteiger partial charge >= 0.3 is 6.03 Å². The molecule has 2 aliphatic rings. The lowest BCUT2D eigenvalue weighted by molar-refractivity contribution is 0.125. The third-order valence-electron chi connectivity index (χ3n) is 3.59. The van der Waals surface area contributed by atoms with E-state index in [-0.39, 0.29) is 17.7 Å². The van der Waals surface area contributed by atoms with Crippen LogP contribution >= 0.6 is 0 Å². The number of fused-ring (bicyclic) bond motifs is 1. The number of rotatable bonds is 0. The molecule has 16 heavy (non-hydrogen) atoms. The number of amides is 2. The number of carbonyl (C=O) groups is 1. The summed E-state index contributed by atoms with van der Waals surface area (Å²) in [5, 5.41) is 12.7. The van der Waals surface area contributed by atoms with Crippen LogP contribution in [0.15, 0.2) is 0 Å². The van der Waals surface area contributed by atoms with Crippen molar-refractivity contribution >= 4 is 6.03 Å². The van der Waals surface area contributed by atoms with Crippen LogP contribution in [0.5, 0.6) is 0 Å². The van der Waals surface area contributed by atoms with Gasteiger partial charge in [0.25, 0.3) is 0 Å². The second-order valence-electron chi connectivity index (χ2n) is 6.15. The van der Waals surface area contributed by atoms with Gasteiger partial charge in [-0.15, -0.1) is 0 Å². The normalized spacial score (nSPS) is 34.0. The average molecular weight is 226 g/mol. The number of urea groups is 1. The van der Waals surface area contributed by atoms with Crippen molar-refractivity contribution in [2.75, 3.05) is 13.1 Å². The molecule has 1 saturated heterocycles. The van der Waals surface area contributed by atoms with Gasteiger partial charge in [-0.3, -0.25) is 0 Å². The van der Waals surface area contributed by atoms with Gasteiger partial charge in [0.1, 0.15) is 0 Å². The van der Waals surface area contributed by atoms with Crippen LogP contribution in [0, 0.1) is 11.8 Å². The summed E-state index contributed by atoms with van der Waals surface area (Å²) in [4.78, 5) is 13.8. The van der Waals surface area contributed by atoms with E-state index < -0.39 is 0 Å². The zero-order valence-electron chi connectivity index (χ0n) is 10.4. The molecule has 4 heteroatoms. The average Bonchev–Trinajstić information content (AvgIpc) is 2.65. The van der Waals surface area contributed by atoms with E-state index in [4.69, 9.17) is 0 Å². The fourth-order valence-electron chi connectivity index (χ4n) is 2.80. The summed E-state index contributed by atoms with van der Waals surface area (Å²) < 4.78 is 0. The molecular formula is C12H22N2O2. The number of hydrogen-bond donors (Lipinski definition) is 2. The highest BCUT2D eigenvalue weighted by atomic mass is 16.3. The van der Waals surface area contributed by atoms with Gasteiger partial charge in [0, 0.05) is 24.5 Å². The molecule has 3 atom stereocenters. The highest BCUT2D eigenvalue weighted by molar-refractivity contribution is 5.75. The summed E-state index contributed by atoms with van der Waals surface area (Å²) in [5.41, 5.74) is -0.187. The van der Waals surface area contributed by atoms with Gasteiger partial charge in [0.05, 0.1) is 6.10 Å². The van der Waals surface area contributed by atoms with Gasteiger partial charge in [0.2, 0.25) is 0 Å². The SMILES string of the molecule is CC(C)(C)NC(=O)N1CC2CCC(O)C2C1. The minimum atomic E-state index is -0.197. The number of likely N-dealkylation sites (tertiary alicyclic amines) is 1. The van der Waals surface area contributed by atoms with E-state index in [0.717, 1.165) is 19.4 Å². The van der Waals surface area contributed by atoms with E-state index in [1.54, 1.807) is 0 Å². The molecule has 1 saturated carbocycles. The Morgan fingerprint density at radius 3 is 2.56 bits per heavy atom. The highest BCUT2D eigenvalue weighted by Crippen LogP contribution is 2.38. The molecule has 0 radical (unpaired) electrons. The molecule has 0 aromatic heterocycles. The van der Waals surface area contributed by atoms with Crippen LogP contribution in [0.3, 0.4) is 0 Å². The zero-order chi connectivity index (χ0) is 11.9. The molecule has 0 bridgehead atoms. The van der Waals surface area contributed by atoms with Crippen molar-refractivity contribution in [1.29, 1.82) is 0 Å². The van der Waals surface area contributed by atoms with Crippen molar-refractivity contribution in [3.8, 4) is 0 Å². The first kappa shape index (κ1) is 11.7. The minimum Gasteiger partial charge on any atom is -0.393 e. The molecule has 0 spiro atoms. The summed E-state index contributed by atoms with van der Waals surface area (Å²) in [5.74, 6) is 0.825. The summed E-state index contributed by atoms with van der Waals surface area (Å²) in [7, 11) is 0. The van der Waals surface area contributed by atoms with Gasteiger partial charge in [-0.25, -0.2) is 4.79 Å². The van der Waals surface area contributed by atoms with Gasteiger partial charge in [-0.1, -0.05) is 0 Å². The third-order valence-corrected chi connectivity index (χ3v) is 3.59. The molecule has 2 fully saturated rings. The van der Waals surface area contributed by atoms with Crippen LogP contribution < -0.4 is 5.32 Å². The molecule has 1 heterocycles. The van der Waals surface area contributed by atoms with Crippen molar-refractivity contribution in [3.63, 3.8) is 0 Å². The van der Waals surface area contributed by atoms with Crippen molar-refractivity contribution < 1.29 is 9.90 Å². The fourth-order valence-corrected chi connectivity index (χ4v) is 2.80. The Morgan fingerprint density at radius 2 is 2.00 bits per heavy atom. The number of nitrogens with one attached hydrogen (secondary N) is 1. The summed E-state index contributed by atoms with van der Waals surface area (Å²) in [6.45, 7) is 7.47. The topological polar surface area (TPSA) is 52.6 Å². The lowest BCUT2D eigenvalue weighted by Crippen LogP contribution is -2.48. The van der Waals surface area contributed by atoms with Crippen LogP contribution in [0.4, 0.5) is 4.79 Å². The first-order valence-corrected chi connectivity index (χ1v) is 6.12. The van der Waals surface area contributed by atoms with Gasteiger partial charge in [0.15, 0.2) is 0 Å². The Labute approximate surface area is 97.0 Å². The molecule has 0 aromatic rings.